The smallest absolute Gasteiger partial charge is 0.274 e. The average Bonchev–Trinajstić information content (AvgIpc) is 2.96. The number of nitrogens with zero attached hydrogens (tertiary/aromatic N) is 4. The number of hydrogen-bond donors (Lipinski definition) is 0. The lowest BCUT2D eigenvalue weighted by atomic mass is 10.00. The lowest BCUT2D eigenvalue weighted by molar-refractivity contribution is 0.0728. The first kappa shape index (κ1) is 14.8. The maximum atomic E-state index is 12.7. The maximum absolute atomic E-state index is 12.7. The Morgan fingerprint density at radius 2 is 2.00 bits per heavy atom. The molecule has 3 heterocycles. The Bertz CT molecular complexity index is 922. The van der Waals surface area contributed by atoms with Crippen molar-refractivity contribution >= 4 is 43.4 Å². The van der Waals surface area contributed by atoms with Crippen molar-refractivity contribution in [2.45, 2.75) is 13.0 Å². The molecule has 0 saturated carbocycles. The van der Waals surface area contributed by atoms with Crippen LogP contribution in [0.2, 0.25) is 0 Å². The Hall–Kier alpha value is -1.73. The number of hydrogen-bond acceptors (Lipinski definition) is 3. The minimum absolute atomic E-state index is 0.0581. The Morgan fingerprint density at radius 3 is 2.87 bits per heavy atom. The molecular weight excluding hydrogens is 424 g/mol. The van der Waals surface area contributed by atoms with Crippen molar-refractivity contribution in [3.8, 4) is 0 Å². The summed E-state index contributed by atoms with van der Waals surface area (Å²) >= 11 is 6.85. The fraction of sp³-hybridized carbons (Fsp3) is 0.188. The molecule has 0 fully saturated rings. The van der Waals surface area contributed by atoms with Crippen molar-refractivity contribution in [3.05, 3.63) is 62.4 Å². The van der Waals surface area contributed by atoms with E-state index in [1.807, 2.05) is 11.0 Å². The van der Waals surface area contributed by atoms with Gasteiger partial charge in [0.1, 0.15) is 0 Å². The zero-order valence-electron chi connectivity index (χ0n) is 12.0. The lowest BCUT2D eigenvalue weighted by Gasteiger charge is -2.28. The molecule has 2 aromatic heterocycles. The number of fused-ring (bicyclic) bond motifs is 2. The molecule has 23 heavy (non-hydrogen) atoms. The molecule has 3 aromatic rings. The molecule has 0 spiro atoms. The summed E-state index contributed by atoms with van der Waals surface area (Å²) in [6.07, 6.45) is 4.35. The van der Waals surface area contributed by atoms with Crippen LogP contribution >= 0.6 is 31.9 Å². The van der Waals surface area contributed by atoms with Crippen LogP contribution in [0.4, 0.5) is 0 Å². The average molecular weight is 436 g/mol. The predicted molar refractivity (Wildman–Crippen MR) is 93.3 cm³/mol. The van der Waals surface area contributed by atoms with Gasteiger partial charge in [-0.2, -0.15) is 5.10 Å². The highest BCUT2D eigenvalue weighted by Crippen LogP contribution is 2.24. The van der Waals surface area contributed by atoms with E-state index in [-0.39, 0.29) is 5.91 Å². The van der Waals surface area contributed by atoms with Gasteiger partial charge in [-0.25, -0.2) is 9.50 Å². The highest BCUT2D eigenvalue weighted by Gasteiger charge is 2.24. The second-order valence-corrected chi connectivity index (χ2v) is 7.33. The molecule has 7 heteroatoms. The van der Waals surface area contributed by atoms with Gasteiger partial charge >= 0.3 is 0 Å². The molecule has 5 nitrogen and oxygen atoms in total. The molecule has 0 N–H and O–H groups in total. The van der Waals surface area contributed by atoms with Gasteiger partial charge in [0, 0.05) is 36.0 Å². The van der Waals surface area contributed by atoms with E-state index < -0.39 is 0 Å². The SMILES string of the molecule is O=C(c1cc2ncc(Br)cn2n1)N1CCc2ccc(Br)cc2C1. The first-order valence-corrected chi connectivity index (χ1v) is 8.76. The quantitative estimate of drug-likeness (QED) is 0.588. The van der Waals surface area contributed by atoms with Crippen LogP contribution in [-0.4, -0.2) is 31.9 Å². The molecule has 1 aliphatic heterocycles. The standard InChI is InChI=1S/C16H12Br2N4O/c17-12-2-1-10-3-4-21(8-11(10)5-12)16(23)14-6-15-19-7-13(18)9-22(15)20-14/h1-2,5-7,9H,3-4,8H2. The number of carbonyl (C=O) groups excluding carboxylic acids is 1. The molecule has 1 aromatic carbocycles. The molecular formula is C16H12Br2N4O. The van der Waals surface area contributed by atoms with E-state index in [0.717, 1.165) is 15.4 Å². The number of benzene rings is 1. The summed E-state index contributed by atoms with van der Waals surface area (Å²) in [5, 5.41) is 4.35. The highest BCUT2D eigenvalue weighted by atomic mass is 79.9. The van der Waals surface area contributed by atoms with Crippen LogP contribution < -0.4 is 0 Å². The van der Waals surface area contributed by atoms with Crippen molar-refractivity contribution in [2.24, 2.45) is 0 Å². The van der Waals surface area contributed by atoms with E-state index in [1.54, 1.807) is 23.0 Å². The second-order valence-electron chi connectivity index (χ2n) is 5.49. The second kappa shape index (κ2) is 5.72. The van der Waals surface area contributed by atoms with Crippen molar-refractivity contribution in [2.75, 3.05) is 6.54 Å². The normalized spacial score (nSPS) is 14.1. The van der Waals surface area contributed by atoms with Crippen molar-refractivity contribution < 1.29 is 4.79 Å². The van der Waals surface area contributed by atoms with Gasteiger partial charge in [0.2, 0.25) is 0 Å². The van der Waals surface area contributed by atoms with Crippen LogP contribution in [0.15, 0.2) is 45.6 Å². The van der Waals surface area contributed by atoms with Crippen LogP contribution in [0, 0.1) is 0 Å². The predicted octanol–water partition coefficient (Wildman–Crippen LogP) is 3.45. The summed E-state index contributed by atoms with van der Waals surface area (Å²) in [6, 6.07) is 7.97. The zero-order valence-corrected chi connectivity index (χ0v) is 15.2. The third kappa shape index (κ3) is 2.79. The summed E-state index contributed by atoms with van der Waals surface area (Å²) in [7, 11) is 0. The molecule has 0 unspecified atom stereocenters. The lowest BCUT2D eigenvalue weighted by Crippen LogP contribution is -2.36. The third-order valence-corrected chi connectivity index (χ3v) is 4.87. The maximum Gasteiger partial charge on any atom is 0.274 e. The van der Waals surface area contributed by atoms with Crippen molar-refractivity contribution in [1.82, 2.24) is 19.5 Å². The summed E-state index contributed by atoms with van der Waals surface area (Å²) in [4.78, 5) is 18.8. The van der Waals surface area contributed by atoms with Gasteiger partial charge in [-0.05, 0) is 45.6 Å². The fourth-order valence-corrected chi connectivity index (χ4v) is 3.52. The van der Waals surface area contributed by atoms with Crippen LogP contribution in [0.5, 0.6) is 0 Å². The van der Waals surface area contributed by atoms with E-state index in [9.17, 15) is 4.79 Å². The number of halogens is 2. The van der Waals surface area contributed by atoms with E-state index in [0.29, 0.717) is 24.4 Å². The van der Waals surface area contributed by atoms with Gasteiger partial charge in [-0.3, -0.25) is 4.79 Å². The fourth-order valence-electron chi connectivity index (χ4n) is 2.82. The molecule has 0 bridgehead atoms. The van der Waals surface area contributed by atoms with Gasteiger partial charge in [-0.1, -0.05) is 22.0 Å². The van der Waals surface area contributed by atoms with Gasteiger partial charge in [0.25, 0.3) is 5.91 Å². The van der Waals surface area contributed by atoms with Crippen LogP contribution in [0.3, 0.4) is 0 Å². The Balaban J connectivity index is 1.63. The minimum Gasteiger partial charge on any atom is -0.333 e. The highest BCUT2D eigenvalue weighted by molar-refractivity contribution is 9.10. The van der Waals surface area contributed by atoms with Crippen molar-refractivity contribution in [1.29, 1.82) is 0 Å². The van der Waals surface area contributed by atoms with Crippen LogP contribution in [0.25, 0.3) is 5.65 Å². The summed E-state index contributed by atoms with van der Waals surface area (Å²) < 4.78 is 3.47. The van der Waals surface area contributed by atoms with E-state index in [4.69, 9.17) is 0 Å². The van der Waals surface area contributed by atoms with Crippen LogP contribution in [0.1, 0.15) is 21.6 Å². The Kier molecular flexibility index (Phi) is 3.69. The van der Waals surface area contributed by atoms with E-state index in [2.05, 4.69) is 54.1 Å². The number of carbonyl (C=O) groups is 1. The summed E-state index contributed by atoms with van der Waals surface area (Å²) in [5.41, 5.74) is 3.58. The van der Waals surface area contributed by atoms with Gasteiger partial charge in [0.05, 0.1) is 4.47 Å². The first-order valence-electron chi connectivity index (χ1n) is 7.18. The van der Waals surface area contributed by atoms with Gasteiger partial charge in [0.15, 0.2) is 11.3 Å². The molecule has 1 aliphatic rings. The van der Waals surface area contributed by atoms with Crippen molar-refractivity contribution in [3.63, 3.8) is 0 Å². The largest absolute Gasteiger partial charge is 0.333 e. The molecule has 0 radical (unpaired) electrons. The van der Waals surface area contributed by atoms with Gasteiger partial charge < -0.3 is 4.90 Å². The molecule has 0 atom stereocenters. The van der Waals surface area contributed by atoms with E-state index in [1.165, 1.54) is 11.1 Å². The molecule has 0 aliphatic carbocycles. The minimum atomic E-state index is -0.0581. The number of aromatic nitrogens is 3. The molecule has 116 valence electrons. The first-order chi connectivity index (χ1) is 11.1. The zero-order chi connectivity index (χ0) is 16.0. The topological polar surface area (TPSA) is 50.5 Å². The monoisotopic (exact) mass is 434 g/mol. The van der Waals surface area contributed by atoms with Gasteiger partial charge in [-0.15, -0.1) is 0 Å². The number of amides is 1. The Labute approximate surface area is 149 Å². The molecule has 0 saturated heterocycles. The molecule has 1 amide bonds. The number of rotatable bonds is 1. The van der Waals surface area contributed by atoms with Crippen LogP contribution in [-0.2, 0) is 13.0 Å². The third-order valence-electron chi connectivity index (χ3n) is 3.97. The summed E-state index contributed by atoms with van der Waals surface area (Å²) in [6.45, 7) is 1.32. The molecule has 4 rings (SSSR count). The summed E-state index contributed by atoms with van der Waals surface area (Å²) in [5.74, 6) is -0.0581. The Morgan fingerprint density at radius 1 is 1.13 bits per heavy atom. The van der Waals surface area contributed by atoms with E-state index >= 15 is 0 Å².